The van der Waals surface area contributed by atoms with E-state index in [1.54, 1.807) is 35.7 Å². The molecule has 0 aliphatic carbocycles. The van der Waals surface area contributed by atoms with E-state index in [1.807, 2.05) is 11.0 Å². The molecule has 1 aliphatic heterocycles. The van der Waals surface area contributed by atoms with Crippen molar-refractivity contribution >= 4 is 34.4 Å². The number of amides is 1. The molecule has 0 saturated carbocycles. The number of rotatable bonds is 5. The van der Waals surface area contributed by atoms with Crippen LogP contribution in [-0.4, -0.2) is 23.1 Å². The number of thiophene rings is 2. The first-order valence-corrected chi connectivity index (χ1v) is 10.8. The molecule has 27 heavy (non-hydrogen) atoms. The molecule has 4 rings (SSSR count). The standard InChI is InChI=1S/C21H21NO3S2/c1-13(23)17-12-15(25-14(17)2)5-6-20(24)22-9-7-18-16(8-11-27-18)21(22)19-4-3-10-26-19/h3-4,8,10-12,21H,5-7,9H2,1-2H3/t21-/m0/s1. The van der Waals surface area contributed by atoms with Gasteiger partial charge in [-0.1, -0.05) is 6.07 Å². The summed E-state index contributed by atoms with van der Waals surface area (Å²) in [5.41, 5.74) is 1.87. The minimum absolute atomic E-state index is 0.00685. The first kappa shape index (κ1) is 18.2. The van der Waals surface area contributed by atoms with Gasteiger partial charge in [-0.3, -0.25) is 9.59 Å². The summed E-state index contributed by atoms with van der Waals surface area (Å²) in [5, 5.41) is 4.18. The number of carbonyl (C=O) groups excluding carboxylic acids is 2. The second-order valence-corrected chi connectivity index (χ2v) is 8.77. The number of hydrogen-bond donors (Lipinski definition) is 0. The third-order valence-corrected chi connectivity index (χ3v) is 6.95. The van der Waals surface area contributed by atoms with E-state index in [0.29, 0.717) is 29.9 Å². The second kappa shape index (κ2) is 7.44. The first-order valence-electron chi connectivity index (χ1n) is 9.04. The summed E-state index contributed by atoms with van der Waals surface area (Å²) in [6.07, 6.45) is 1.80. The zero-order chi connectivity index (χ0) is 19.0. The Hall–Kier alpha value is -2.18. The lowest BCUT2D eigenvalue weighted by Crippen LogP contribution is -2.39. The average Bonchev–Trinajstić information content (AvgIpc) is 3.38. The predicted octanol–water partition coefficient (Wildman–Crippen LogP) is 5.02. The van der Waals surface area contributed by atoms with E-state index in [9.17, 15) is 9.59 Å². The van der Waals surface area contributed by atoms with Gasteiger partial charge in [0.05, 0.1) is 11.6 Å². The molecule has 1 atom stereocenters. The molecule has 1 amide bonds. The van der Waals surface area contributed by atoms with Crippen molar-refractivity contribution in [1.82, 2.24) is 4.90 Å². The maximum absolute atomic E-state index is 13.1. The quantitative estimate of drug-likeness (QED) is 0.566. The van der Waals surface area contributed by atoms with Crippen molar-refractivity contribution in [2.75, 3.05) is 6.54 Å². The molecule has 1 aliphatic rings. The van der Waals surface area contributed by atoms with Crippen LogP contribution in [0.5, 0.6) is 0 Å². The number of aryl methyl sites for hydroxylation is 2. The fourth-order valence-electron chi connectivity index (χ4n) is 3.73. The van der Waals surface area contributed by atoms with Gasteiger partial charge in [0.2, 0.25) is 5.91 Å². The van der Waals surface area contributed by atoms with Gasteiger partial charge in [0.15, 0.2) is 5.78 Å². The number of carbonyl (C=O) groups is 2. The highest BCUT2D eigenvalue weighted by atomic mass is 32.1. The molecule has 4 heterocycles. The Labute approximate surface area is 166 Å². The van der Waals surface area contributed by atoms with Crippen molar-refractivity contribution in [3.8, 4) is 0 Å². The van der Waals surface area contributed by atoms with E-state index < -0.39 is 0 Å². The Morgan fingerprint density at radius 1 is 1.26 bits per heavy atom. The molecule has 3 aromatic heterocycles. The van der Waals surface area contributed by atoms with E-state index in [4.69, 9.17) is 4.42 Å². The van der Waals surface area contributed by atoms with Crippen molar-refractivity contribution < 1.29 is 14.0 Å². The van der Waals surface area contributed by atoms with E-state index in [2.05, 4.69) is 22.9 Å². The van der Waals surface area contributed by atoms with E-state index in [-0.39, 0.29) is 17.7 Å². The third-order valence-electron chi connectivity index (χ3n) is 5.03. The lowest BCUT2D eigenvalue weighted by Gasteiger charge is -2.35. The monoisotopic (exact) mass is 399 g/mol. The largest absolute Gasteiger partial charge is 0.466 e. The minimum atomic E-state index is -0.00685. The van der Waals surface area contributed by atoms with Crippen LogP contribution in [0.3, 0.4) is 0 Å². The van der Waals surface area contributed by atoms with Crippen molar-refractivity contribution in [2.45, 2.75) is 39.2 Å². The van der Waals surface area contributed by atoms with Gasteiger partial charge in [0.25, 0.3) is 0 Å². The van der Waals surface area contributed by atoms with Crippen LogP contribution in [0.25, 0.3) is 0 Å². The van der Waals surface area contributed by atoms with Crippen LogP contribution >= 0.6 is 22.7 Å². The number of ketones is 1. The molecule has 0 aromatic carbocycles. The first-order chi connectivity index (χ1) is 13.0. The molecule has 140 valence electrons. The summed E-state index contributed by atoms with van der Waals surface area (Å²) in [4.78, 5) is 29.2. The Morgan fingerprint density at radius 2 is 2.11 bits per heavy atom. The van der Waals surface area contributed by atoms with Crippen LogP contribution in [0.4, 0.5) is 0 Å². The summed E-state index contributed by atoms with van der Waals surface area (Å²) in [6.45, 7) is 4.06. The van der Waals surface area contributed by atoms with E-state index in [0.717, 1.165) is 13.0 Å². The van der Waals surface area contributed by atoms with Gasteiger partial charge in [-0.2, -0.15) is 0 Å². The molecular formula is C21H21NO3S2. The number of fused-ring (bicyclic) bond motifs is 1. The smallest absolute Gasteiger partial charge is 0.223 e. The average molecular weight is 400 g/mol. The highest BCUT2D eigenvalue weighted by Crippen LogP contribution is 2.39. The fourth-order valence-corrected chi connectivity index (χ4v) is 5.49. The van der Waals surface area contributed by atoms with Gasteiger partial charge in [0.1, 0.15) is 11.5 Å². The highest BCUT2D eigenvalue weighted by Gasteiger charge is 2.33. The zero-order valence-electron chi connectivity index (χ0n) is 15.4. The zero-order valence-corrected chi connectivity index (χ0v) is 17.0. The van der Waals surface area contributed by atoms with Crippen molar-refractivity contribution in [2.24, 2.45) is 0 Å². The Bertz CT molecular complexity index is 968. The van der Waals surface area contributed by atoms with Crippen LogP contribution in [0.2, 0.25) is 0 Å². The van der Waals surface area contributed by atoms with Crippen LogP contribution in [0.15, 0.2) is 39.4 Å². The lowest BCUT2D eigenvalue weighted by molar-refractivity contribution is -0.133. The molecule has 0 N–H and O–H groups in total. The maximum Gasteiger partial charge on any atom is 0.223 e. The Morgan fingerprint density at radius 3 is 2.81 bits per heavy atom. The van der Waals surface area contributed by atoms with Crippen LogP contribution < -0.4 is 0 Å². The Balaban J connectivity index is 1.52. The Kier molecular flexibility index (Phi) is 5.02. The molecule has 0 fully saturated rings. The number of Topliss-reactive ketones (excluding diaryl/α,β-unsaturated/α-hetero) is 1. The summed E-state index contributed by atoms with van der Waals surface area (Å²) < 4.78 is 5.67. The number of nitrogens with zero attached hydrogens (tertiary/aromatic N) is 1. The molecule has 0 radical (unpaired) electrons. The van der Waals surface area contributed by atoms with E-state index in [1.165, 1.54) is 22.2 Å². The van der Waals surface area contributed by atoms with Gasteiger partial charge < -0.3 is 9.32 Å². The normalized spacial score (nSPS) is 16.4. The number of furan rings is 1. The molecule has 0 spiro atoms. The van der Waals surface area contributed by atoms with Gasteiger partial charge in [-0.15, -0.1) is 22.7 Å². The second-order valence-electron chi connectivity index (χ2n) is 6.79. The summed E-state index contributed by atoms with van der Waals surface area (Å²) in [5.74, 6) is 1.45. The third kappa shape index (κ3) is 3.51. The predicted molar refractivity (Wildman–Crippen MR) is 108 cm³/mol. The van der Waals surface area contributed by atoms with Crippen LogP contribution in [-0.2, 0) is 17.6 Å². The number of hydrogen-bond acceptors (Lipinski definition) is 5. The van der Waals surface area contributed by atoms with Crippen LogP contribution in [0.1, 0.15) is 56.6 Å². The molecule has 4 nitrogen and oxygen atoms in total. The summed E-state index contributed by atoms with van der Waals surface area (Å²) in [7, 11) is 0. The molecule has 0 saturated heterocycles. The lowest BCUT2D eigenvalue weighted by atomic mass is 9.98. The van der Waals surface area contributed by atoms with Crippen molar-refractivity contribution in [3.63, 3.8) is 0 Å². The van der Waals surface area contributed by atoms with Crippen molar-refractivity contribution in [3.05, 3.63) is 67.4 Å². The van der Waals surface area contributed by atoms with Gasteiger partial charge >= 0.3 is 0 Å². The van der Waals surface area contributed by atoms with Gasteiger partial charge in [-0.05, 0) is 54.8 Å². The van der Waals surface area contributed by atoms with Gasteiger partial charge in [-0.25, -0.2) is 0 Å². The summed E-state index contributed by atoms with van der Waals surface area (Å²) >= 11 is 3.47. The summed E-state index contributed by atoms with van der Waals surface area (Å²) in [6, 6.07) is 8.09. The highest BCUT2D eigenvalue weighted by molar-refractivity contribution is 7.10. The van der Waals surface area contributed by atoms with E-state index >= 15 is 0 Å². The molecular weight excluding hydrogens is 378 g/mol. The molecule has 0 unspecified atom stereocenters. The molecule has 0 bridgehead atoms. The topological polar surface area (TPSA) is 50.5 Å². The minimum Gasteiger partial charge on any atom is -0.466 e. The van der Waals surface area contributed by atoms with Crippen molar-refractivity contribution in [1.29, 1.82) is 0 Å². The molecule has 6 heteroatoms. The SMILES string of the molecule is CC(=O)c1cc(CCC(=O)N2CCc3sccc3[C@H]2c2cccs2)oc1C. The fraction of sp³-hybridized carbons (Fsp3) is 0.333. The van der Waals surface area contributed by atoms with Gasteiger partial charge in [0, 0.05) is 29.1 Å². The van der Waals surface area contributed by atoms with Crippen LogP contribution in [0, 0.1) is 6.92 Å². The maximum atomic E-state index is 13.1. The molecule has 3 aromatic rings.